The molecule has 0 N–H and O–H groups in total. The Bertz CT molecular complexity index is 1120. The van der Waals surface area contributed by atoms with Crippen molar-refractivity contribution < 1.29 is 4.79 Å². The zero-order valence-electron chi connectivity index (χ0n) is 18.3. The molecule has 0 bridgehead atoms. The molecule has 32 heavy (non-hydrogen) atoms. The molecule has 7 nitrogen and oxygen atoms in total. The summed E-state index contributed by atoms with van der Waals surface area (Å²) < 4.78 is 1.93. The maximum atomic E-state index is 12.8. The summed E-state index contributed by atoms with van der Waals surface area (Å²) in [4.78, 5) is 16.8. The maximum absolute atomic E-state index is 12.8. The van der Waals surface area contributed by atoms with Gasteiger partial charge in [0, 0.05) is 38.8 Å². The maximum Gasteiger partial charge on any atom is 0.233 e. The standard InChI is InChI=1S/C24H26N6OS/c1-18-7-6-10-20(15-18)23-26-27-24(28(23)2)32-17-22(31)30-13-11-29(12-14-30)21(16-25)19-8-4-3-5-9-19/h3-10,15,21H,11-14,17H2,1-2H3. The van der Waals surface area contributed by atoms with E-state index in [1.54, 1.807) is 0 Å². The molecule has 1 unspecified atom stereocenters. The van der Waals surface area contributed by atoms with Crippen LogP contribution in [0.1, 0.15) is 17.2 Å². The Morgan fingerprint density at radius 3 is 2.53 bits per heavy atom. The number of amides is 1. The number of nitriles is 1. The molecule has 1 aliphatic rings. The molecule has 1 atom stereocenters. The molecule has 1 amide bonds. The van der Waals surface area contributed by atoms with Crippen LogP contribution in [0, 0.1) is 18.3 Å². The SMILES string of the molecule is Cc1cccc(-c2nnc(SCC(=O)N3CCN(C(C#N)c4ccccc4)CC3)n2C)c1. The van der Waals surface area contributed by atoms with Crippen LogP contribution >= 0.6 is 11.8 Å². The summed E-state index contributed by atoms with van der Waals surface area (Å²) in [5, 5.41) is 19.0. The topological polar surface area (TPSA) is 78.1 Å². The smallest absolute Gasteiger partial charge is 0.233 e. The number of hydrogen-bond donors (Lipinski definition) is 0. The van der Waals surface area contributed by atoms with Crippen molar-refractivity contribution in [1.82, 2.24) is 24.6 Å². The highest BCUT2D eigenvalue weighted by atomic mass is 32.2. The molecule has 0 radical (unpaired) electrons. The molecule has 1 aliphatic heterocycles. The van der Waals surface area contributed by atoms with Crippen LogP contribution < -0.4 is 0 Å². The van der Waals surface area contributed by atoms with Crippen molar-refractivity contribution in [3.8, 4) is 17.5 Å². The highest BCUT2D eigenvalue weighted by Crippen LogP contribution is 2.25. The number of hydrogen-bond acceptors (Lipinski definition) is 6. The van der Waals surface area contributed by atoms with Crippen LogP contribution in [0.5, 0.6) is 0 Å². The minimum absolute atomic E-state index is 0.0861. The van der Waals surface area contributed by atoms with Crippen LogP contribution in [0.4, 0.5) is 0 Å². The van der Waals surface area contributed by atoms with Crippen LogP contribution in [0.3, 0.4) is 0 Å². The molecule has 4 rings (SSSR count). The van der Waals surface area contributed by atoms with E-state index in [2.05, 4.69) is 27.2 Å². The van der Waals surface area contributed by atoms with Gasteiger partial charge in [0.1, 0.15) is 6.04 Å². The average Bonchev–Trinajstić information content (AvgIpc) is 3.19. The molecular weight excluding hydrogens is 420 g/mol. The summed E-state index contributed by atoms with van der Waals surface area (Å²) in [5.41, 5.74) is 3.18. The minimum atomic E-state index is -0.276. The van der Waals surface area contributed by atoms with Crippen molar-refractivity contribution in [2.24, 2.45) is 7.05 Å². The second kappa shape index (κ2) is 9.98. The first-order chi connectivity index (χ1) is 15.6. The molecule has 1 saturated heterocycles. The molecule has 164 valence electrons. The van der Waals surface area contributed by atoms with E-state index < -0.39 is 0 Å². The van der Waals surface area contributed by atoms with Gasteiger partial charge < -0.3 is 9.47 Å². The van der Waals surface area contributed by atoms with Gasteiger partial charge in [-0.2, -0.15) is 5.26 Å². The van der Waals surface area contributed by atoms with Gasteiger partial charge in [-0.05, 0) is 18.6 Å². The van der Waals surface area contributed by atoms with E-state index in [0.29, 0.717) is 31.9 Å². The molecule has 3 aromatic rings. The Balaban J connectivity index is 1.32. The Kier molecular flexibility index (Phi) is 6.88. The summed E-state index contributed by atoms with van der Waals surface area (Å²) in [6.45, 7) is 4.66. The van der Waals surface area contributed by atoms with Crippen molar-refractivity contribution in [1.29, 1.82) is 5.26 Å². The number of thioether (sulfide) groups is 1. The molecule has 0 aliphatic carbocycles. The first-order valence-electron chi connectivity index (χ1n) is 10.6. The van der Waals surface area contributed by atoms with Crippen LogP contribution in [0.25, 0.3) is 11.4 Å². The number of piperazine rings is 1. The van der Waals surface area contributed by atoms with Gasteiger partial charge in [-0.3, -0.25) is 9.69 Å². The molecule has 2 aromatic carbocycles. The molecule has 1 aromatic heterocycles. The van der Waals surface area contributed by atoms with Crippen molar-refractivity contribution in [2.45, 2.75) is 18.1 Å². The van der Waals surface area contributed by atoms with E-state index in [1.807, 2.05) is 72.0 Å². The number of nitrogens with zero attached hydrogens (tertiary/aromatic N) is 6. The normalized spacial score (nSPS) is 15.3. The second-order valence-electron chi connectivity index (χ2n) is 7.88. The number of carbonyl (C=O) groups is 1. The minimum Gasteiger partial charge on any atom is -0.339 e. The van der Waals surface area contributed by atoms with Crippen molar-refractivity contribution in [3.05, 3.63) is 65.7 Å². The van der Waals surface area contributed by atoms with Crippen molar-refractivity contribution >= 4 is 17.7 Å². The summed E-state index contributed by atoms with van der Waals surface area (Å²) in [6.07, 6.45) is 0. The quantitative estimate of drug-likeness (QED) is 0.541. The van der Waals surface area contributed by atoms with Crippen LogP contribution in [0.15, 0.2) is 59.8 Å². The van der Waals surface area contributed by atoms with E-state index >= 15 is 0 Å². The van der Waals surface area contributed by atoms with Gasteiger partial charge in [0.05, 0.1) is 11.8 Å². The zero-order chi connectivity index (χ0) is 22.5. The van der Waals surface area contributed by atoms with Gasteiger partial charge in [-0.15, -0.1) is 10.2 Å². The molecule has 1 fully saturated rings. The number of carbonyl (C=O) groups excluding carboxylic acids is 1. The van der Waals surface area contributed by atoms with E-state index in [4.69, 9.17) is 0 Å². The van der Waals surface area contributed by atoms with Gasteiger partial charge in [0.25, 0.3) is 0 Å². The molecule has 0 saturated carbocycles. The third-order valence-corrected chi connectivity index (χ3v) is 6.71. The summed E-state index contributed by atoms with van der Waals surface area (Å²) in [7, 11) is 1.93. The molecule has 2 heterocycles. The van der Waals surface area contributed by atoms with E-state index in [9.17, 15) is 10.1 Å². The van der Waals surface area contributed by atoms with E-state index in [0.717, 1.165) is 22.1 Å². The average molecular weight is 447 g/mol. The van der Waals surface area contributed by atoms with Crippen LogP contribution in [-0.2, 0) is 11.8 Å². The summed E-state index contributed by atoms with van der Waals surface area (Å²) in [5.74, 6) is 1.20. The van der Waals surface area contributed by atoms with E-state index in [-0.39, 0.29) is 11.9 Å². The third-order valence-electron chi connectivity index (χ3n) is 5.71. The second-order valence-corrected chi connectivity index (χ2v) is 8.82. The summed E-state index contributed by atoms with van der Waals surface area (Å²) in [6, 6.07) is 20.1. The summed E-state index contributed by atoms with van der Waals surface area (Å²) >= 11 is 1.41. The van der Waals surface area contributed by atoms with Crippen molar-refractivity contribution in [3.63, 3.8) is 0 Å². The fourth-order valence-corrected chi connectivity index (χ4v) is 4.74. The lowest BCUT2D eigenvalue weighted by Crippen LogP contribution is -2.50. The highest BCUT2D eigenvalue weighted by Gasteiger charge is 2.27. The fourth-order valence-electron chi connectivity index (χ4n) is 3.93. The predicted octanol–water partition coefficient (Wildman–Crippen LogP) is 3.29. The molecule has 0 spiro atoms. The first-order valence-corrected chi connectivity index (χ1v) is 11.6. The number of aryl methyl sites for hydroxylation is 1. The van der Waals surface area contributed by atoms with Gasteiger partial charge in [0.15, 0.2) is 11.0 Å². The van der Waals surface area contributed by atoms with Crippen molar-refractivity contribution in [2.75, 3.05) is 31.9 Å². The number of rotatable bonds is 6. The Morgan fingerprint density at radius 2 is 1.84 bits per heavy atom. The monoisotopic (exact) mass is 446 g/mol. The van der Waals surface area contributed by atoms with Gasteiger partial charge >= 0.3 is 0 Å². The van der Waals surface area contributed by atoms with Crippen LogP contribution in [0.2, 0.25) is 0 Å². The fraction of sp³-hybridized carbons (Fsp3) is 0.333. The largest absolute Gasteiger partial charge is 0.339 e. The number of benzene rings is 2. The zero-order valence-corrected chi connectivity index (χ0v) is 19.1. The lowest BCUT2D eigenvalue weighted by molar-refractivity contribution is -0.130. The highest BCUT2D eigenvalue weighted by molar-refractivity contribution is 7.99. The van der Waals surface area contributed by atoms with E-state index in [1.165, 1.54) is 17.3 Å². The predicted molar refractivity (Wildman–Crippen MR) is 125 cm³/mol. The first kappa shape index (κ1) is 22.1. The Hall–Kier alpha value is -3.15. The number of aromatic nitrogens is 3. The lowest BCUT2D eigenvalue weighted by atomic mass is 10.1. The third kappa shape index (κ3) is 4.85. The van der Waals surface area contributed by atoms with Gasteiger partial charge in [-0.1, -0.05) is 65.9 Å². The van der Waals surface area contributed by atoms with Gasteiger partial charge in [0.2, 0.25) is 5.91 Å². The molecule has 8 heteroatoms. The van der Waals surface area contributed by atoms with Gasteiger partial charge in [-0.25, -0.2) is 0 Å². The lowest BCUT2D eigenvalue weighted by Gasteiger charge is -2.37. The van der Waals surface area contributed by atoms with Crippen LogP contribution in [-0.4, -0.2) is 62.4 Å². The Labute approximate surface area is 192 Å². The Morgan fingerprint density at radius 1 is 1.09 bits per heavy atom. The molecular formula is C24H26N6OS.